The number of anilines is 1. The van der Waals surface area contributed by atoms with Gasteiger partial charge in [0, 0.05) is 22.8 Å². The minimum absolute atomic E-state index is 0.118. The van der Waals surface area contributed by atoms with E-state index in [2.05, 4.69) is 23.7 Å². The average molecular weight is 365 g/mol. The fourth-order valence-corrected chi connectivity index (χ4v) is 4.00. The molecule has 0 aliphatic heterocycles. The first kappa shape index (κ1) is 18.4. The Morgan fingerprint density at radius 1 is 1.08 bits per heavy atom. The number of rotatable bonds is 6. The third kappa shape index (κ3) is 4.33. The van der Waals surface area contributed by atoms with E-state index < -0.39 is 0 Å². The van der Waals surface area contributed by atoms with E-state index in [-0.39, 0.29) is 11.1 Å². The fraction of sp³-hybridized carbons (Fsp3) is 0.222. The Morgan fingerprint density at radius 2 is 1.80 bits per heavy atom. The first-order chi connectivity index (χ1) is 12.2. The third-order valence-corrected chi connectivity index (χ3v) is 5.53. The molecule has 0 aliphatic carbocycles. The van der Waals surface area contributed by atoms with E-state index in [1.165, 1.54) is 11.3 Å². The van der Waals surface area contributed by atoms with Gasteiger partial charge in [-0.1, -0.05) is 11.3 Å². The molecule has 0 bridgehead atoms. The summed E-state index contributed by atoms with van der Waals surface area (Å²) in [6.07, 6.45) is 5.73. The lowest BCUT2D eigenvalue weighted by Gasteiger charge is -2.17. The second-order valence-electron chi connectivity index (χ2n) is 4.83. The van der Waals surface area contributed by atoms with Gasteiger partial charge in [0.15, 0.2) is 0 Å². The molecule has 124 valence electrons. The van der Waals surface area contributed by atoms with E-state index in [0.29, 0.717) is 4.88 Å². The van der Waals surface area contributed by atoms with Crippen molar-refractivity contribution in [3.05, 3.63) is 38.7 Å². The van der Waals surface area contributed by atoms with Gasteiger partial charge >= 0.3 is 0 Å². The molecule has 0 atom stereocenters. The summed E-state index contributed by atoms with van der Waals surface area (Å²) in [5.74, 6) is 0. The van der Waals surface area contributed by atoms with Crippen LogP contribution in [-0.2, 0) is 0 Å². The molecule has 0 amide bonds. The van der Waals surface area contributed by atoms with Crippen molar-refractivity contribution in [2.24, 2.45) is 0 Å². The Bertz CT molecular complexity index is 908. The number of aromatic nitrogens is 1. The molecule has 0 saturated heterocycles. The summed E-state index contributed by atoms with van der Waals surface area (Å²) in [4.78, 5) is 8.19. The van der Waals surface area contributed by atoms with Gasteiger partial charge in [-0.15, -0.1) is 11.3 Å². The molecule has 2 aromatic heterocycles. The molecule has 5 nitrogen and oxygen atoms in total. The second-order valence-corrected chi connectivity index (χ2v) is 6.99. The predicted octanol–water partition coefficient (Wildman–Crippen LogP) is 4.55. The van der Waals surface area contributed by atoms with Crippen LogP contribution in [0.15, 0.2) is 23.9 Å². The Morgan fingerprint density at radius 3 is 2.40 bits per heavy atom. The summed E-state index contributed by atoms with van der Waals surface area (Å²) in [5, 5.41) is 29.1. The van der Waals surface area contributed by atoms with Gasteiger partial charge in [0.2, 0.25) is 0 Å². The van der Waals surface area contributed by atoms with E-state index in [9.17, 15) is 5.26 Å². The van der Waals surface area contributed by atoms with E-state index >= 15 is 0 Å². The van der Waals surface area contributed by atoms with Crippen molar-refractivity contribution in [1.29, 1.82) is 15.8 Å². The summed E-state index contributed by atoms with van der Waals surface area (Å²) in [6, 6.07) is 9.08. The Kier molecular flexibility index (Phi) is 6.48. The molecule has 0 radical (unpaired) electrons. The summed E-state index contributed by atoms with van der Waals surface area (Å²) >= 11 is 2.99. The highest BCUT2D eigenvalue weighted by molar-refractivity contribution is 7.16. The van der Waals surface area contributed by atoms with Crippen LogP contribution in [0, 0.1) is 34.0 Å². The number of thiophene rings is 1. The minimum atomic E-state index is -0.163. The van der Waals surface area contributed by atoms with Gasteiger partial charge in [0.05, 0.1) is 11.8 Å². The number of hydrogen-bond acceptors (Lipinski definition) is 7. The summed E-state index contributed by atoms with van der Waals surface area (Å²) in [6.45, 7) is 6.12. The molecular weight excluding hydrogens is 350 g/mol. The van der Waals surface area contributed by atoms with Crippen molar-refractivity contribution >= 4 is 45.4 Å². The van der Waals surface area contributed by atoms with Gasteiger partial charge in [-0.25, -0.2) is 4.98 Å². The third-order valence-electron chi connectivity index (χ3n) is 3.44. The molecule has 2 rings (SSSR count). The monoisotopic (exact) mass is 365 g/mol. The molecule has 7 heteroatoms. The number of nitriles is 3. The highest BCUT2D eigenvalue weighted by atomic mass is 32.1. The van der Waals surface area contributed by atoms with Crippen molar-refractivity contribution in [2.45, 2.75) is 13.8 Å². The van der Waals surface area contributed by atoms with Crippen LogP contribution in [0.5, 0.6) is 0 Å². The Labute approximate surface area is 155 Å². The quantitative estimate of drug-likeness (QED) is 0.701. The van der Waals surface area contributed by atoms with Crippen molar-refractivity contribution in [2.75, 3.05) is 18.0 Å². The van der Waals surface area contributed by atoms with Crippen LogP contribution < -0.4 is 4.90 Å². The average Bonchev–Trinajstić information content (AvgIpc) is 3.28. The molecule has 0 N–H and O–H groups in total. The van der Waals surface area contributed by atoms with Gasteiger partial charge in [0.25, 0.3) is 0 Å². The van der Waals surface area contributed by atoms with Gasteiger partial charge < -0.3 is 4.90 Å². The number of allylic oxidation sites excluding steroid dienone is 2. The van der Waals surface area contributed by atoms with Crippen LogP contribution in [0.1, 0.15) is 28.6 Å². The number of thiazole rings is 1. The first-order valence-corrected chi connectivity index (χ1v) is 9.23. The Balaban J connectivity index is 2.21. The van der Waals surface area contributed by atoms with Crippen LogP contribution in [0.2, 0.25) is 0 Å². The summed E-state index contributed by atoms with van der Waals surface area (Å²) < 4.78 is 0. The molecule has 0 spiro atoms. The van der Waals surface area contributed by atoms with Crippen molar-refractivity contribution in [3.8, 4) is 18.2 Å². The van der Waals surface area contributed by atoms with Gasteiger partial charge in [-0.2, -0.15) is 15.8 Å². The Hall–Kier alpha value is -2.92. The van der Waals surface area contributed by atoms with Crippen molar-refractivity contribution < 1.29 is 0 Å². The molecule has 2 aromatic rings. The van der Waals surface area contributed by atoms with Crippen LogP contribution in [0.3, 0.4) is 0 Å². The number of hydrogen-bond donors (Lipinski definition) is 0. The molecule has 0 aromatic carbocycles. The lowest BCUT2D eigenvalue weighted by Crippen LogP contribution is -2.20. The zero-order valence-electron chi connectivity index (χ0n) is 13.9. The van der Waals surface area contributed by atoms with Crippen LogP contribution in [0.4, 0.5) is 5.00 Å². The molecule has 25 heavy (non-hydrogen) atoms. The van der Waals surface area contributed by atoms with E-state index in [1.807, 2.05) is 30.5 Å². The van der Waals surface area contributed by atoms with Gasteiger partial charge in [-0.3, -0.25) is 0 Å². The first-order valence-electron chi connectivity index (χ1n) is 7.60. The zero-order chi connectivity index (χ0) is 18.2. The topological polar surface area (TPSA) is 87.5 Å². The largest absolute Gasteiger partial charge is 0.363 e. The lowest BCUT2D eigenvalue weighted by molar-refractivity contribution is 0.874. The highest BCUT2D eigenvalue weighted by Gasteiger charge is 2.11. The smallest absolute Gasteiger partial charge is 0.148 e. The molecule has 0 fully saturated rings. The predicted molar refractivity (Wildman–Crippen MR) is 103 cm³/mol. The maximum Gasteiger partial charge on any atom is 0.148 e. The van der Waals surface area contributed by atoms with E-state index in [1.54, 1.807) is 29.5 Å². The number of nitrogens with zero attached hydrogens (tertiary/aromatic N) is 5. The minimum Gasteiger partial charge on any atom is -0.363 e. The standard InChI is InChI=1S/C18H15N5S2/c1-3-23(4-2)18-12-22-17(25-18)8-6-14-5-7-16(24-14)15(11-21)13(9-19)10-20/h5-8,12H,3-4H2,1-2H3/b8-6+. The maximum atomic E-state index is 9.20. The van der Waals surface area contributed by atoms with Crippen molar-refractivity contribution in [1.82, 2.24) is 4.98 Å². The maximum absolute atomic E-state index is 9.20. The molecule has 0 aliphatic rings. The molecule has 2 heterocycles. The zero-order valence-corrected chi connectivity index (χ0v) is 15.5. The molecule has 0 saturated carbocycles. The second kappa shape index (κ2) is 8.80. The SMILES string of the molecule is CCN(CC)c1cnc(/C=C/c2ccc(C(C#N)=C(C#N)C#N)s2)s1. The highest BCUT2D eigenvalue weighted by Crippen LogP contribution is 2.29. The van der Waals surface area contributed by atoms with Gasteiger partial charge in [-0.05, 0) is 38.1 Å². The van der Waals surface area contributed by atoms with Crippen LogP contribution in [-0.4, -0.2) is 18.1 Å². The van der Waals surface area contributed by atoms with E-state index in [4.69, 9.17) is 10.5 Å². The van der Waals surface area contributed by atoms with Crippen molar-refractivity contribution in [3.63, 3.8) is 0 Å². The van der Waals surface area contributed by atoms with E-state index in [0.717, 1.165) is 28.0 Å². The van der Waals surface area contributed by atoms with Crippen LogP contribution >= 0.6 is 22.7 Å². The molecular formula is C18H15N5S2. The fourth-order valence-electron chi connectivity index (χ4n) is 2.14. The summed E-state index contributed by atoms with van der Waals surface area (Å²) in [7, 11) is 0. The van der Waals surface area contributed by atoms with Gasteiger partial charge in [0.1, 0.15) is 33.8 Å². The molecule has 0 unspecified atom stereocenters. The lowest BCUT2D eigenvalue weighted by atomic mass is 10.1. The van der Waals surface area contributed by atoms with Crippen LogP contribution in [0.25, 0.3) is 17.7 Å². The normalized spacial score (nSPS) is 10.0. The summed E-state index contributed by atoms with van der Waals surface area (Å²) in [5.41, 5.74) is -0.0450.